The van der Waals surface area contributed by atoms with E-state index in [-0.39, 0.29) is 6.03 Å². The number of nitrogens with zero attached hydrogens (tertiary/aromatic N) is 3. The van der Waals surface area contributed by atoms with Crippen molar-refractivity contribution in [3.05, 3.63) is 53.2 Å². The molecule has 0 radical (unpaired) electrons. The van der Waals surface area contributed by atoms with Gasteiger partial charge < -0.3 is 25.2 Å². The van der Waals surface area contributed by atoms with Gasteiger partial charge in [0.05, 0.1) is 6.54 Å². The molecule has 1 fully saturated rings. The standard InChI is InChI=1S/C20H26ClN5O2/c1-25-9-11-26(12-10-25)19-7-2-16(14-23-19)15-24-20(27)22-8-13-28-18-5-3-17(21)4-6-18/h2-7,14H,8-13,15H2,1H3,(H2,22,24,27). The fourth-order valence-corrected chi connectivity index (χ4v) is 2.98. The molecule has 1 aromatic heterocycles. The molecule has 1 saturated heterocycles. The summed E-state index contributed by atoms with van der Waals surface area (Å²) < 4.78 is 5.53. The Hall–Kier alpha value is -2.51. The van der Waals surface area contributed by atoms with Crippen LogP contribution >= 0.6 is 11.6 Å². The minimum Gasteiger partial charge on any atom is -0.492 e. The van der Waals surface area contributed by atoms with E-state index in [0.29, 0.717) is 24.7 Å². The Balaban J connectivity index is 1.33. The number of likely N-dealkylation sites (N-methyl/N-ethyl adjacent to an activating group) is 1. The first-order chi connectivity index (χ1) is 13.6. The lowest BCUT2D eigenvalue weighted by atomic mass is 10.2. The molecule has 3 rings (SSSR count). The van der Waals surface area contributed by atoms with Crippen LogP contribution in [0.4, 0.5) is 10.6 Å². The van der Waals surface area contributed by atoms with Crippen LogP contribution in [0.3, 0.4) is 0 Å². The summed E-state index contributed by atoms with van der Waals surface area (Å²) in [6.45, 7) is 5.30. The van der Waals surface area contributed by atoms with Crippen molar-refractivity contribution < 1.29 is 9.53 Å². The van der Waals surface area contributed by atoms with Gasteiger partial charge in [0.15, 0.2) is 0 Å². The molecule has 7 nitrogen and oxygen atoms in total. The number of nitrogens with one attached hydrogen (secondary N) is 2. The van der Waals surface area contributed by atoms with E-state index in [9.17, 15) is 4.79 Å². The van der Waals surface area contributed by atoms with Crippen LogP contribution in [0.1, 0.15) is 5.56 Å². The second-order valence-corrected chi connectivity index (χ2v) is 7.16. The van der Waals surface area contributed by atoms with E-state index in [1.807, 2.05) is 18.3 Å². The van der Waals surface area contributed by atoms with Gasteiger partial charge in [-0.15, -0.1) is 0 Å². The number of halogens is 1. The zero-order valence-electron chi connectivity index (χ0n) is 16.0. The Morgan fingerprint density at radius 3 is 2.54 bits per heavy atom. The summed E-state index contributed by atoms with van der Waals surface area (Å²) in [6, 6.07) is 10.9. The van der Waals surface area contributed by atoms with E-state index >= 15 is 0 Å². The van der Waals surface area contributed by atoms with Crippen LogP contribution in [0.5, 0.6) is 5.75 Å². The lowest BCUT2D eigenvalue weighted by molar-refractivity contribution is 0.236. The summed E-state index contributed by atoms with van der Waals surface area (Å²) in [6.07, 6.45) is 1.82. The topological polar surface area (TPSA) is 69.7 Å². The predicted molar refractivity (Wildman–Crippen MR) is 111 cm³/mol. The second kappa shape index (κ2) is 10.1. The molecule has 0 bridgehead atoms. The Morgan fingerprint density at radius 2 is 1.86 bits per heavy atom. The molecule has 0 saturated carbocycles. The highest BCUT2D eigenvalue weighted by atomic mass is 35.5. The minimum absolute atomic E-state index is 0.233. The van der Waals surface area contributed by atoms with Crippen molar-refractivity contribution in [2.24, 2.45) is 0 Å². The Kier molecular flexibility index (Phi) is 7.33. The summed E-state index contributed by atoms with van der Waals surface area (Å²) in [5.41, 5.74) is 0.963. The molecule has 2 aromatic rings. The van der Waals surface area contributed by atoms with Gasteiger partial charge in [0.2, 0.25) is 0 Å². The predicted octanol–water partition coefficient (Wildman–Crippen LogP) is 2.37. The zero-order chi connectivity index (χ0) is 19.8. The number of carbonyl (C=O) groups excluding carboxylic acids is 1. The number of urea groups is 1. The van der Waals surface area contributed by atoms with E-state index in [1.54, 1.807) is 24.3 Å². The molecule has 28 heavy (non-hydrogen) atoms. The highest BCUT2D eigenvalue weighted by Crippen LogP contribution is 2.15. The van der Waals surface area contributed by atoms with Crippen molar-refractivity contribution >= 4 is 23.4 Å². The van der Waals surface area contributed by atoms with Crippen LogP contribution in [-0.2, 0) is 6.54 Å². The van der Waals surface area contributed by atoms with Gasteiger partial charge in [-0.25, -0.2) is 9.78 Å². The van der Waals surface area contributed by atoms with Crippen molar-refractivity contribution in [2.45, 2.75) is 6.54 Å². The zero-order valence-corrected chi connectivity index (χ0v) is 16.8. The van der Waals surface area contributed by atoms with Crippen LogP contribution in [0.2, 0.25) is 5.02 Å². The highest BCUT2D eigenvalue weighted by Gasteiger charge is 2.14. The van der Waals surface area contributed by atoms with Crippen molar-refractivity contribution in [3.8, 4) is 5.75 Å². The summed E-state index contributed by atoms with van der Waals surface area (Å²) in [5.74, 6) is 1.71. The number of ether oxygens (including phenoxy) is 1. The number of anilines is 1. The maximum absolute atomic E-state index is 11.9. The van der Waals surface area contributed by atoms with Gasteiger partial charge in [0.1, 0.15) is 18.2 Å². The molecule has 2 amide bonds. The average Bonchev–Trinajstić information content (AvgIpc) is 2.72. The first-order valence-corrected chi connectivity index (χ1v) is 9.76. The van der Waals surface area contributed by atoms with Gasteiger partial charge in [0, 0.05) is 43.9 Å². The Morgan fingerprint density at radius 1 is 1.11 bits per heavy atom. The van der Waals surface area contributed by atoms with E-state index < -0.39 is 0 Å². The number of rotatable bonds is 7. The molecular formula is C20H26ClN5O2. The minimum atomic E-state index is -0.233. The number of benzene rings is 1. The van der Waals surface area contributed by atoms with Gasteiger partial charge in [0.25, 0.3) is 0 Å². The van der Waals surface area contributed by atoms with Crippen LogP contribution in [0.15, 0.2) is 42.6 Å². The molecule has 1 aliphatic heterocycles. The Labute approximate surface area is 170 Å². The molecule has 0 aliphatic carbocycles. The van der Waals surface area contributed by atoms with E-state index in [2.05, 4.69) is 32.5 Å². The quantitative estimate of drug-likeness (QED) is 0.694. The van der Waals surface area contributed by atoms with Crippen molar-refractivity contribution in [1.82, 2.24) is 20.5 Å². The number of pyridine rings is 1. The van der Waals surface area contributed by atoms with Crippen molar-refractivity contribution in [3.63, 3.8) is 0 Å². The maximum Gasteiger partial charge on any atom is 0.315 e. The van der Waals surface area contributed by atoms with Gasteiger partial charge in [-0.1, -0.05) is 17.7 Å². The molecule has 150 valence electrons. The van der Waals surface area contributed by atoms with Crippen LogP contribution in [-0.4, -0.2) is 62.3 Å². The van der Waals surface area contributed by atoms with Crippen molar-refractivity contribution in [2.75, 3.05) is 51.3 Å². The molecule has 0 unspecified atom stereocenters. The SMILES string of the molecule is CN1CCN(c2ccc(CNC(=O)NCCOc3ccc(Cl)cc3)cn2)CC1. The molecular weight excluding hydrogens is 378 g/mol. The summed E-state index contributed by atoms with van der Waals surface area (Å²) >= 11 is 5.82. The van der Waals surface area contributed by atoms with E-state index in [0.717, 1.165) is 43.3 Å². The van der Waals surface area contributed by atoms with Gasteiger partial charge in [-0.2, -0.15) is 0 Å². The summed E-state index contributed by atoms with van der Waals surface area (Å²) in [4.78, 5) is 21.0. The monoisotopic (exact) mass is 403 g/mol. The smallest absolute Gasteiger partial charge is 0.315 e. The fourth-order valence-electron chi connectivity index (χ4n) is 2.85. The van der Waals surface area contributed by atoms with Gasteiger partial charge >= 0.3 is 6.03 Å². The molecule has 1 aromatic carbocycles. The fraction of sp³-hybridized carbons (Fsp3) is 0.400. The molecule has 0 spiro atoms. The second-order valence-electron chi connectivity index (χ2n) is 6.73. The third-order valence-electron chi connectivity index (χ3n) is 4.56. The maximum atomic E-state index is 11.9. The van der Waals surface area contributed by atoms with Crippen molar-refractivity contribution in [1.29, 1.82) is 0 Å². The highest BCUT2D eigenvalue weighted by molar-refractivity contribution is 6.30. The normalized spacial score (nSPS) is 14.6. The number of carbonyl (C=O) groups is 1. The first-order valence-electron chi connectivity index (χ1n) is 9.38. The van der Waals surface area contributed by atoms with E-state index in [1.165, 1.54) is 0 Å². The summed E-state index contributed by atoms with van der Waals surface area (Å²) in [5, 5.41) is 6.26. The molecule has 0 atom stereocenters. The third-order valence-corrected chi connectivity index (χ3v) is 4.81. The van der Waals surface area contributed by atoms with E-state index in [4.69, 9.17) is 16.3 Å². The largest absolute Gasteiger partial charge is 0.492 e. The molecule has 1 aliphatic rings. The lowest BCUT2D eigenvalue weighted by Crippen LogP contribution is -2.44. The molecule has 2 heterocycles. The number of hydrogen-bond acceptors (Lipinski definition) is 5. The third kappa shape index (κ3) is 6.28. The van der Waals surface area contributed by atoms with Crippen LogP contribution < -0.4 is 20.3 Å². The molecule has 2 N–H and O–H groups in total. The number of aromatic nitrogens is 1. The molecule has 8 heteroatoms. The van der Waals surface area contributed by atoms with Gasteiger partial charge in [-0.05, 0) is 42.9 Å². The number of amides is 2. The van der Waals surface area contributed by atoms with Crippen LogP contribution in [0, 0.1) is 0 Å². The first kappa shape index (κ1) is 20.2. The van der Waals surface area contributed by atoms with Gasteiger partial charge in [-0.3, -0.25) is 0 Å². The average molecular weight is 404 g/mol. The number of hydrogen-bond donors (Lipinski definition) is 2. The van der Waals surface area contributed by atoms with Crippen LogP contribution in [0.25, 0.3) is 0 Å². The Bertz CT molecular complexity index is 746. The summed E-state index contributed by atoms with van der Waals surface area (Å²) in [7, 11) is 2.13. The lowest BCUT2D eigenvalue weighted by Gasteiger charge is -2.33. The number of piperazine rings is 1.